The van der Waals surface area contributed by atoms with Gasteiger partial charge < -0.3 is 10.2 Å². The van der Waals surface area contributed by atoms with Crippen molar-refractivity contribution in [3.05, 3.63) is 68.7 Å². The first-order valence-electron chi connectivity index (χ1n) is 11.4. The van der Waals surface area contributed by atoms with Crippen molar-refractivity contribution in [3.63, 3.8) is 0 Å². The number of benzene rings is 2. The van der Waals surface area contributed by atoms with Crippen molar-refractivity contribution in [3.8, 4) is 0 Å². The van der Waals surface area contributed by atoms with Crippen LogP contribution in [0.3, 0.4) is 0 Å². The molecule has 7 heteroatoms. The largest absolute Gasteiger partial charge is 0.352 e. The Labute approximate surface area is 211 Å². The summed E-state index contributed by atoms with van der Waals surface area (Å²) in [6, 6.07) is 11.3. The van der Waals surface area contributed by atoms with Crippen molar-refractivity contribution in [2.24, 2.45) is 0 Å². The molecule has 1 atom stereocenters. The second-order valence-electron chi connectivity index (χ2n) is 8.88. The first-order valence-corrected chi connectivity index (χ1v) is 13.3. The third-order valence-corrected chi connectivity index (χ3v) is 7.73. The zero-order valence-corrected chi connectivity index (χ0v) is 21.8. The average Bonchev–Trinajstić information content (AvgIpc) is 3.25. The van der Waals surface area contributed by atoms with E-state index in [9.17, 15) is 9.59 Å². The van der Waals surface area contributed by atoms with Gasteiger partial charge >= 0.3 is 0 Å². The van der Waals surface area contributed by atoms with Gasteiger partial charge in [0.05, 0.1) is 5.75 Å². The minimum Gasteiger partial charge on any atom is -0.352 e. The minimum absolute atomic E-state index is 0.102. The number of nitrogens with one attached hydrogen (secondary N) is 1. The number of thioether (sulfide) groups is 1. The number of halogens is 2. The van der Waals surface area contributed by atoms with Crippen molar-refractivity contribution >= 4 is 46.8 Å². The first-order chi connectivity index (χ1) is 15.7. The highest BCUT2D eigenvalue weighted by atomic mass is 35.5. The molecular formula is C26H32Cl2N2O2S. The maximum atomic E-state index is 13.3. The second kappa shape index (κ2) is 12.1. The van der Waals surface area contributed by atoms with Crippen LogP contribution in [0.2, 0.25) is 10.0 Å². The number of hydrogen-bond acceptors (Lipinski definition) is 3. The molecule has 33 heavy (non-hydrogen) atoms. The van der Waals surface area contributed by atoms with E-state index >= 15 is 0 Å². The van der Waals surface area contributed by atoms with Crippen LogP contribution < -0.4 is 5.32 Å². The summed E-state index contributed by atoms with van der Waals surface area (Å²) in [5.74, 6) is 0.778. The third kappa shape index (κ3) is 7.40. The van der Waals surface area contributed by atoms with E-state index < -0.39 is 6.04 Å². The van der Waals surface area contributed by atoms with Crippen molar-refractivity contribution in [2.75, 3.05) is 5.75 Å². The Morgan fingerprint density at radius 2 is 1.70 bits per heavy atom. The summed E-state index contributed by atoms with van der Waals surface area (Å²) in [6.45, 7) is 6.13. The smallest absolute Gasteiger partial charge is 0.242 e. The Balaban J connectivity index is 1.71. The molecule has 0 heterocycles. The highest BCUT2D eigenvalue weighted by Gasteiger charge is 2.29. The molecule has 0 saturated heterocycles. The predicted octanol–water partition coefficient (Wildman–Crippen LogP) is 6.32. The Morgan fingerprint density at radius 1 is 1.09 bits per heavy atom. The summed E-state index contributed by atoms with van der Waals surface area (Å²) < 4.78 is 0. The molecule has 1 aliphatic rings. The molecule has 0 aliphatic heterocycles. The standard InChI is InChI=1S/C26H32Cl2N2O2S/c1-17-11-18(2)13-20(12-17)15-33-16-25(31)30(14-22-23(27)9-6-10-24(22)28)19(3)26(32)29-21-7-4-5-8-21/h6,9-13,19,21H,4-5,7-8,14-16H2,1-3H3,(H,29,32)/t19-/m0/s1. The minimum atomic E-state index is -0.618. The van der Waals surface area contributed by atoms with Crippen LogP contribution in [-0.2, 0) is 21.9 Å². The fourth-order valence-electron chi connectivity index (χ4n) is 4.32. The van der Waals surface area contributed by atoms with E-state index in [1.54, 1.807) is 41.8 Å². The molecule has 0 unspecified atom stereocenters. The number of aryl methyl sites for hydroxylation is 2. The van der Waals surface area contributed by atoms with Crippen molar-refractivity contribution in [1.29, 1.82) is 0 Å². The van der Waals surface area contributed by atoms with Gasteiger partial charge in [-0.3, -0.25) is 9.59 Å². The van der Waals surface area contributed by atoms with Crippen molar-refractivity contribution in [2.45, 2.75) is 70.8 Å². The van der Waals surface area contributed by atoms with E-state index in [0.29, 0.717) is 15.6 Å². The Bertz CT molecular complexity index is 952. The maximum absolute atomic E-state index is 13.3. The van der Waals surface area contributed by atoms with E-state index in [4.69, 9.17) is 23.2 Å². The molecule has 2 amide bonds. The monoisotopic (exact) mass is 506 g/mol. The topological polar surface area (TPSA) is 49.4 Å². The average molecular weight is 508 g/mol. The van der Waals surface area contributed by atoms with Crippen LogP contribution in [0.4, 0.5) is 0 Å². The molecule has 2 aromatic carbocycles. The SMILES string of the molecule is Cc1cc(C)cc(CSCC(=O)N(Cc2c(Cl)cccc2Cl)[C@@H](C)C(=O)NC2CCCC2)c1. The summed E-state index contributed by atoms with van der Waals surface area (Å²) in [4.78, 5) is 27.9. The number of nitrogens with zero attached hydrogens (tertiary/aromatic N) is 1. The molecule has 1 N–H and O–H groups in total. The molecule has 1 fully saturated rings. The Morgan fingerprint density at radius 3 is 2.30 bits per heavy atom. The zero-order chi connectivity index (χ0) is 24.0. The first kappa shape index (κ1) is 25.9. The molecule has 3 rings (SSSR count). The van der Waals surface area contributed by atoms with Gasteiger partial charge in [0.25, 0.3) is 0 Å². The zero-order valence-electron chi connectivity index (χ0n) is 19.5. The van der Waals surface area contributed by atoms with Gasteiger partial charge in [0.2, 0.25) is 11.8 Å². The van der Waals surface area contributed by atoms with E-state index in [2.05, 4.69) is 37.4 Å². The molecule has 0 spiro atoms. The van der Waals surface area contributed by atoms with Gasteiger partial charge in [-0.15, -0.1) is 11.8 Å². The van der Waals surface area contributed by atoms with Crippen LogP contribution in [0.25, 0.3) is 0 Å². The highest BCUT2D eigenvalue weighted by Crippen LogP contribution is 2.27. The lowest BCUT2D eigenvalue weighted by Gasteiger charge is -2.30. The van der Waals surface area contributed by atoms with Crippen LogP contribution in [-0.4, -0.2) is 34.6 Å². The normalized spacial score (nSPS) is 14.8. The van der Waals surface area contributed by atoms with Gasteiger partial charge in [-0.25, -0.2) is 0 Å². The fraction of sp³-hybridized carbons (Fsp3) is 0.462. The molecule has 1 aliphatic carbocycles. The summed E-state index contributed by atoms with van der Waals surface area (Å²) in [7, 11) is 0. The summed E-state index contributed by atoms with van der Waals surface area (Å²) >= 11 is 14.3. The van der Waals surface area contributed by atoms with E-state index in [-0.39, 0.29) is 30.2 Å². The number of rotatable bonds is 9. The van der Waals surface area contributed by atoms with Gasteiger partial charge in [-0.05, 0) is 51.3 Å². The van der Waals surface area contributed by atoms with Crippen LogP contribution in [0.15, 0.2) is 36.4 Å². The summed E-state index contributed by atoms with van der Waals surface area (Å²) in [5, 5.41) is 4.10. The van der Waals surface area contributed by atoms with Crippen LogP contribution in [0.5, 0.6) is 0 Å². The van der Waals surface area contributed by atoms with Crippen LogP contribution in [0.1, 0.15) is 54.9 Å². The molecule has 0 bridgehead atoms. The van der Waals surface area contributed by atoms with Gasteiger partial charge in [-0.2, -0.15) is 0 Å². The molecule has 178 valence electrons. The number of hydrogen-bond donors (Lipinski definition) is 1. The Kier molecular flexibility index (Phi) is 9.54. The lowest BCUT2D eigenvalue weighted by molar-refractivity contribution is -0.138. The fourth-order valence-corrected chi connectivity index (χ4v) is 5.68. The van der Waals surface area contributed by atoms with Crippen molar-refractivity contribution in [1.82, 2.24) is 10.2 Å². The van der Waals surface area contributed by atoms with Gasteiger partial charge in [0.1, 0.15) is 6.04 Å². The molecule has 4 nitrogen and oxygen atoms in total. The Hall–Kier alpha value is -1.69. The second-order valence-corrected chi connectivity index (χ2v) is 10.7. The molecule has 0 aromatic heterocycles. The molecular weight excluding hydrogens is 475 g/mol. The molecule has 0 radical (unpaired) electrons. The summed E-state index contributed by atoms with van der Waals surface area (Å²) in [5.41, 5.74) is 4.28. The van der Waals surface area contributed by atoms with Gasteiger partial charge in [0, 0.05) is 33.9 Å². The molecule has 2 aromatic rings. The number of carbonyl (C=O) groups is 2. The quantitative estimate of drug-likeness (QED) is 0.432. The van der Waals surface area contributed by atoms with E-state index in [1.807, 2.05) is 0 Å². The maximum Gasteiger partial charge on any atom is 0.242 e. The van der Waals surface area contributed by atoms with Gasteiger partial charge in [0.15, 0.2) is 0 Å². The number of carbonyl (C=O) groups excluding carboxylic acids is 2. The van der Waals surface area contributed by atoms with Crippen LogP contribution >= 0.6 is 35.0 Å². The predicted molar refractivity (Wildman–Crippen MR) is 139 cm³/mol. The van der Waals surface area contributed by atoms with Gasteiger partial charge in [-0.1, -0.05) is 71.4 Å². The third-order valence-electron chi connectivity index (χ3n) is 6.03. The molecule has 1 saturated carbocycles. The van der Waals surface area contributed by atoms with E-state index in [0.717, 1.165) is 31.4 Å². The lowest BCUT2D eigenvalue weighted by atomic mass is 10.1. The van der Waals surface area contributed by atoms with Crippen molar-refractivity contribution < 1.29 is 9.59 Å². The number of amides is 2. The van der Waals surface area contributed by atoms with E-state index in [1.165, 1.54) is 16.7 Å². The lowest BCUT2D eigenvalue weighted by Crippen LogP contribution is -2.50. The highest BCUT2D eigenvalue weighted by molar-refractivity contribution is 7.99. The summed E-state index contributed by atoms with van der Waals surface area (Å²) in [6.07, 6.45) is 4.25. The van der Waals surface area contributed by atoms with Crippen LogP contribution in [0, 0.1) is 13.8 Å².